The van der Waals surface area contributed by atoms with Gasteiger partial charge in [0.1, 0.15) is 6.10 Å². The van der Waals surface area contributed by atoms with E-state index in [1.165, 1.54) is 5.57 Å². The van der Waals surface area contributed by atoms with Crippen LogP contribution in [0.2, 0.25) is 0 Å². The summed E-state index contributed by atoms with van der Waals surface area (Å²) in [4.78, 5) is 0. The fourth-order valence-electron chi connectivity index (χ4n) is 3.49. The van der Waals surface area contributed by atoms with Crippen LogP contribution >= 0.6 is 0 Å². The molecule has 6 unspecified atom stereocenters. The predicted octanol–water partition coefficient (Wildman–Crippen LogP) is 3.06. The molecule has 3 rings (SSSR count). The molecule has 6 atom stereocenters. The summed E-state index contributed by atoms with van der Waals surface area (Å²) in [5.41, 5.74) is 1.34. The quantitative estimate of drug-likeness (QED) is 0.590. The van der Waals surface area contributed by atoms with E-state index in [4.69, 9.17) is 18.9 Å². The summed E-state index contributed by atoms with van der Waals surface area (Å²) in [5.74, 6) is -0.145. The highest BCUT2D eigenvalue weighted by atomic mass is 16.8. The monoisotopic (exact) mass is 296 g/mol. The topological polar surface area (TPSA) is 40.2 Å². The Balaban J connectivity index is 1.70. The largest absolute Gasteiger partial charge is 0.375 e. The van der Waals surface area contributed by atoms with Gasteiger partial charge in [-0.1, -0.05) is 11.6 Å². The van der Waals surface area contributed by atoms with Gasteiger partial charge in [-0.2, -0.15) is 0 Å². The second-order valence-corrected chi connectivity index (χ2v) is 7.15. The van der Waals surface area contributed by atoms with Crippen molar-refractivity contribution in [2.24, 2.45) is 5.92 Å². The van der Waals surface area contributed by atoms with Gasteiger partial charge < -0.3 is 18.9 Å². The molecule has 3 aliphatic rings. The molecule has 0 aliphatic carbocycles. The van der Waals surface area contributed by atoms with Gasteiger partial charge >= 0.3 is 0 Å². The van der Waals surface area contributed by atoms with Crippen molar-refractivity contribution in [2.45, 2.75) is 83.8 Å². The standard InChI is InChI=1S/C17H28O4/c1-6-10(2)7-14-16-15(20-17(4,5)21-16)12(9-18-14)8-13-11(3)19-13/h6,11-16H,7-9H2,1-5H3/b10-6-. The van der Waals surface area contributed by atoms with Gasteiger partial charge in [-0.05, 0) is 47.5 Å². The number of rotatable bonds is 4. The number of hydrogen-bond acceptors (Lipinski definition) is 4. The number of allylic oxidation sites excluding steroid dienone is 1. The van der Waals surface area contributed by atoms with Crippen LogP contribution in [0.3, 0.4) is 0 Å². The first-order chi connectivity index (χ1) is 9.89. The van der Waals surface area contributed by atoms with Crippen molar-refractivity contribution in [3.8, 4) is 0 Å². The molecule has 0 radical (unpaired) electrons. The molecule has 0 spiro atoms. The number of epoxide rings is 1. The molecule has 0 amide bonds. The first-order valence-corrected chi connectivity index (χ1v) is 8.14. The molecule has 0 bridgehead atoms. The normalized spacial score (nSPS) is 45.5. The van der Waals surface area contributed by atoms with Crippen LogP contribution in [0.5, 0.6) is 0 Å². The number of ether oxygens (including phenoxy) is 4. The Hall–Kier alpha value is -0.420. The zero-order chi connectivity index (χ0) is 15.2. The highest BCUT2D eigenvalue weighted by molar-refractivity contribution is 5.04. The molecule has 21 heavy (non-hydrogen) atoms. The van der Waals surface area contributed by atoms with E-state index >= 15 is 0 Å². The van der Waals surface area contributed by atoms with Gasteiger partial charge in [0.25, 0.3) is 0 Å². The van der Waals surface area contributed by atoms with Gasteiger partial charge in [0.05, 0.1) is 31.0 Å². The molecule has 3 saturated heterocycles. The molecule has 0 aromatic heterocycles. The highest BCUT2D eigenvalue weighted by Gasteiger charge is 2.53. The maximum atomic E-state index is 6.20. The van der Waals surface area contributed by atoms with E-state index in [-0.39, 0.29) is 18.3 Å². The molecule has 3 heterocycles. The molecule has 3 fully saturated rings. The summed E-state index contributed by atoms with van der Waals surface area (Å²) >= 11 is 0. The lowest BCUT2D eigenvalue weighted by Gasteiger charge is -2.37. The van der Waals surface area contributed by atoms with Gasteiger partial charge in [-0.3, -0.25) is 0 Å². The van der Waals surface area contributed by atoms with Crippen LogP contribution in [0.15, 0.2) is 11.6 Å². The highest BCUT2D eigenvalue weighted by Crippen LogP contribution is 2.42. The van der Waals surface area contributed by atoms with Gasteiger partial charge in [0.15, 0.2) is 5.79 Å². The molecule has 4 heteroatoms. The van der Waals surface area contributed by atoms with Crippen molar-refractivity contribution in [1.29, 1.82) is 0 Å². The van der Waals surface area contributed by atoms with Crippen molar-refractivity contribution in [1.82, 2.24) is 0 Å². The maximum Gasteiger partial charge on any atom is 0.163 e. The third-order valence-electron chi connectivity index (χ3n) is 4.91. The Kier molecular flexibility index (Phi) is 4.17. The van der Waals surface area contributed by atoms with Crippen molar-refractivity contribution in [3.05, 3.63) is 11.6 Å². The summed E-state index contributed by atoms with van der Waals surface area (Å²) in [7, 11) is 0. The lowest BCUT2D eigenvalue weighted by molar-refractivity contribution is -0.153. The van der Waals surface area contributed by atoms with Crippen LogP contribution in [0.25, 0.3) is 0 Å². The minimum Gasteiger partial charge on any atom is -0.375 e. The average molecular weight is 296 g/mol. The Labute approximate surface area is 127 Å². The number of hydrogen-bond donors (Lipinski definition) is 0. The zero-order valence-electron chi connectivity index (χ0n) is 13.8. The van der Waals surface area contributed by atoms with Crippen LogP contribution in [0, 0.1) is 5.92 Å². The first kappa shape index (κ1) is 15.5. The molecular formula is C17H28O4. The van der Waals surface area contributed by atoms with E-state index in [1.54, 1.807) is 0 Å². The van der Waals surface area contributed by atoms with Crippen LogP contribution < -0.4 is 0 Å². The van der Waals surface area contributed by atoms with Gasteiger partial charge in [0.2, 0.25) is 0 Å². The van der Waals surface area contributed by atoms with E-state index < -0.39 is 5.79 Å². The van der Waals surface area contributed by atoms with Gasteiger partial charge in [0, 0.05) is 5.92 Å². The fraction of sp³-hybridized carbons (Fsp3) is 0.882. The average Bonchev–Trinajstić information content (AvgIpc) is 2.99. The van der Waals surface area contributed by atoms with E-state index in [1.807, 2.05) is 13.8 Å². The van der Waals surface area contributed by atoms with Crippen LogP contribution in [0.4, 0.5) is 0 Å². The van der Waals surface area contributed by atoms with E-state index in [0.29, 0.717) is 18.1 Å². The summed E-state index contributed by atoms with van der Waals surface area (Å²) < 4.78 is 24.1. The predicted molar refractivity (Wildman–Crippen MR) is 80.1 cm³/mol. The zero-order valence-corrected chi connectivity index (χ0v) is 13.8. The van der Waals surface area contributed by atoms with Crippen molar-refractivity contribution >= 4 is 0 Å². The number of fused-ring (bicyclic) bond motifs is 1. The van der Waals surface area contributed by atoms with E-state index in [9.17, 15) is 0 Å². The third-order valence-corrected chi connectivity index (χ3v) is 4.91. The SMILES string of the molecule is C/C=C(/C)CC1OCC(CC2OC2C)C2OC(C)(C)OC12. The second-order valence-electron chi connectivity index (χ2n) is 7.15. The Bertz CT molecular complexity index is 417. The van der Waals surface area contributed by atoms with Gasteiger partial charge in [-0.15, -0.1) is 0 Å². The van der Waals surface area contributed by atoms with E-state index in [2.05, 4.69) is 26.8 Å². The van der Waals surface area contributed by atoms with Crippen LogP contribution in [-0.2, 0) is 18.9 Å². The molecule has 0 N–H and O–H groups in total. The minimum absolute atomic E-state index is 0.0303. The maximum absolute atomic E-state index is 6.20. The second kappa shape index (κ2) is 5.65. The molecule has 4 nitrogen and oxygen atoms in total. The summed E-state index contributed by atoms with van der Waals surface area (Å²) in [5, 5.41) is 0. The molecule has 0 aromatic carbocycles. The Morgan fingerprint density at radius 2 is 1.86 bits per heavy atom. The van der Waals surface area contributed by atoms with Crippen LogP contribution in [0.1, 0.15) is 47.5 Å². The third kappa shape index (κ3) is 3.34. The lowest BCUT2D eigenvalue weighted by atomic mass is 9.86. The molecule has 0 saturated carbocycles. The molecule has 3 aliphatic heterocycles. The first-order valence-electron chi connectivity index (χ1n) is 8.14. The summed E-state index contributed by atoms with van der Waals surface area (Å²) in [6, 6.07) is 0. The van der Waals surface area contributed by atoms with E-state index in [0.717, 1.165) is 19.4 Å². The Morgan fingerprint density at radius 3 is 2.48 bits per heavy atom. The lowest BCUT2D eigenvalue weighted by Crippen LogP contribution is -2.48. The minimum atomic E-state index is -0.514. The smallest absolute Gasteiger partial charge is 0.163 e. The van der Waals surface area contributed by atoms with Crippen molar-refractivity contribution < 1.29 is 18.9 Å². The summed E-state index contributed by atoms with van der Waals surface area (Å²) in [6.07, 6.45) is 5.09. The molecule has 120 valence electrons. The molecule has 0 aromatic rings. The fourth-order valence-corrected chi connectivity index (χ4v) is 3.49. The molecular weight excluding hydrogens is 268 g/mol. The summed E-state index contributed by atoms with van der Waals surface area (Å²) in [6.45, 7) is 11.1. The van der Waals surface area contributed by atoms with Gasteiger partial charge in [-0.25, -0.2) is 0 Å². The van der Waals surface area contributed by atoms with Crippen LogP contribution in [-0.4, -0.2) is 42.9 Å². The Morgan fingerprint density at radius 1 is 1.19 bits per heavy atom. The van der Waals surface area contributed by atoms with Crippen molar-refractivity contribution in [3.63, 3.8) is 0 Å². The van der Waals surface area contributed by atoms with Crippen molar-refractivity contribution in [2.75, 3.05) is 6.61 Å².